The van der Waals surface area contributed by atoms with Gasteiger partial charge in [-0.3, -0.25) is 0 Å². The molecule has 6 nitrogen and oxygen atoms in total. The summed E-state index contributed by atoms with van der Waals surface area (Å²) in [5.74, 6) is -2.04. The maximum atomic E-state index is 11.8. The van der Waals surface area contributed by atoms with Gasteiger partial charge in [-0.15, -0.1) is 0 Å². The summed E-state index contributed by atoms with van der Waals surface area (Å²) in [5.41, 5.74) is 0. The number of esters is 1. The quantitative estimate of drug-likeness (QED) is 0.579. The maximum Gasteiger partial charge on any atom is 0.340 e. The fourth-order valence-electron chi connectivity index (χ4n) is 2.46. The fraction of sp³-hybridized carbons (Fsp3) is 0.909. The van der Waals surface area contributed by atoms with Crippen LogP contribution in [0, 0.1) is 0 Å². The molecule has 0 N–H and O–H groups in total. The van der Waals surface area contributed by atoms with Gasteiger partial charge in [-0.1, -0.05) is 0 Å². The molecule has 0 saturated carbocycles. The molecule has 0 amide bonds. The number of fused-ring (bicyclic) bond motifs is 3. The lowest BCUT2D eigenvalue weighted by atomic mass is 10.1. The van der Waals surface area contributed by atoms with Crippen LogP contribution in [-0.4, -0.2) is 42.1 Å². The molecule has 3 rings (SSSR count). The molecule has 0 aliphatic carbocycles. The minimum atomic E-state index is -0.806. The SMILES string of the molecule is CC1(C)O[C@@H]2OC(=O)[C@H]3OC(C)(C)O[C@H]3[C@@H]2O1. The summed E-state index contributed by atoms with van der Waals surface area (Å²) >= 11 is 0. The molecule has 17 heavy (non-hydrogen) atoms. The summed E-state index contributed by atoms with van der Waals surface area (Å²) in [6, 6.07) is 0. The lowest BCUT2D eigenvalue weighted by molar-refractivity contribution is -0.210. The van der Waals surface area contributed by atoms with Gasteiger partial charge in [-0.25, -0.2) is 4.79 Å². The Labute approximate surface area is 99.1 Å². The Morgan fingerprint density at radius 3 is 2.18 bits per heavy atom. The van der Waals surface area contributed by atoms with E-state index in [2.05, 4.69) is 0 Å². The van der Waals surface area contributed by atoms with E-state index in [1.807, 2.05) is 0 Å². The van der Waals surface area contributed by atoms with Crippen LogP contribution in [0.1, 0.15) is 27.7 Å². The Kier molecular flexibility index (Phi) is 2.15. The average Bonchev–Trinajstić information content (AvgIpc) is 2.62. The van der Waals surface area contributed by atoms with Crippen molar-refractivity contribution < 1.29 is 28.5 Å². The molecule has 0 radical (unpaired) electrons. The predicted octanol–water partition coefficient (Wildman–Crippen LogP) is 0.541. The van der Waals surface area contributed by atoms with Gasteiger partial charge in [0, 0.05) is 0 Å². The van der Waals surface area contributed by atoms with Crippen LogP contribution in [0.3, 0.4) is 0 Å². The Hall–Kier alpha value is -0.690. The summed E-state index contributed by atoms with van der Waals surface area (Å²) in [6.07, 6.45) is -2.35. The molecule has 0 spiro atoms. The van der Waals surface area contributed by atoms with Crippen LogP contribution in [0.4, 0.5) is 0 Å². The van der Waals surface area contributed by atoms with Crippen molar-refractivity contribution in [3.05, 3.63) is 0 Å². The zero-order valence-corrected chi connectivity index (χ0v) is 10.3. The van der Waals surface area contributed by atoms with E-state index < -0.39 is 42.1 Å². The van der Waals surface area contributed by atoms with Gasteiger partial charge in [0.05, 0.1) is 0 Å². The standard InChI is InChI=1S/C11H16O6/c1-10(2)14-5-6(15-10)8(12)13-9-7(5)16-11(3,4)17-9/h5-7,9H,1-4H3/t5-,6+,7+,9+/m1/s1. The van der Waals surface area contributed by atoms with Gasteiger partial charge in [0.2, 0.25) is 6.29 Å². The van der Waals surface area contributed by atoms with Crippen molar-refractivity contribution in [2.45, 2.75) is 63.9 Å². The Bertz CT molecular complexity index is 363. The second kappa shape index (κ2) is 3.20. The van der Waals surface area contributed by atoms with Crippen LogP contribution >= 0.6 is 0 Å². The van der Waals surface area contributed by atoms with E-state index >= 15 is 0 Å². The van der Waals surface area contributed by atoms with E-state index in [1.54, 1.807) is 27.7 Å². The first-order chi connectivity index (χ1) is 7.77. The minimum Gasteiger partial charge on any atom is -0.431 e. The lowest BCUT2D eigenvalue weighted by Gasteiger charge is -2.29. The van der Waals surface area contributed by atoms with E-state index in [9.17, 15) is 4.79 Å². The number of hydrogen-bond acceptors (Lipinski definition) is 6. The molecule has 3 aliphatic heterocycles. The van der Waals surface area contributed by atoms with Gasteiger partial charge in [0.15, 0.2) is 23.8 Å². The third-order valence-corrected chi connectivity index (χ3v) is 3.01. The van der Waals surface area contributed by atoms with Crippen LogP contribution in [0.25, 0.3) is 0 Å². The fourth-order valence-corrected chi connectivity index (χ4v) is 2.46. The molecule has 0 aromatic carbocycles. The summed E-state index contributed by atoms with van der Waals surface area (Å²) in [5, 5.41) is 0. The first-order valence-corrected chi connectivity index (χ1v) is 5.69. The number of carbonyl (C=O) groups excluding carboxylic acids is 1. The Morgan fingerprint density at radius 1 is 0.882 bits per heavy atom. The molecule has 3 heterocycles. The lowest BCUT2D eigenvalue weighted by Crippen LogP contribution is -2.52. The maximum absolute atomic E-state index is 11.8. The van der Waals surface area contributed by atoms with Crippen molar-refractivity contribution in [3.63, 3.8) is 0 Å². The van der Waals surface area contributed by atoms with Gasteiger partial charge in [0.25, 0.3) is 0 Å². The summed E-state index contributed by atoms with van der Waals surface area (Å²) in [6.45, 7) is 7.06. The van der Waals surface area contributed by atoms with E-state index in [4.69, 9.17) is 23.7 Å². The topological polar surface area (TPSA) is 63.2 Å². The molecule has 0 aromatic heterocycles. The van der Waals surface area contributed by atoms with Gasteiger partial charge in [0.1, 0.15) is 6.10 Å². The molecule has 96 valence electrons. The molecular weight excluding hydrogens is 228 g/mol. The van der Waals surface area contributed by atoms with Crippen molar-refractivity contribution in [2.24, 2.45) is 0 Å². The Balaban J connectivity index is 1.88. The van der Waals surface area contributed by atoms with Crippen molar-refractivity contribution in [2.75, 3.05) is 0 Å². The first kappa shape index (κ1) is 11.4. The van der Waals surface area contributed by atoms with Crippen LogP contribution in [-0.2, 0) is 28.5 Å². The van der Waals surface area contributed by atoms with Crippen LogP contribution in [0.15, 0.2) is 0 Å². The molecule has 0 unspecified atom stereocenters. The van der Waals surface area contributed by atoms with Crippen LogP contribution in [0.5, 0.6) is 0 Å². The van der Waals surface area contributed by atoms with Gasteiger partial charge in [-0.05, 0) is 27.7 Å². The van der Waals surface area contributed by atoms with Gasteiger partial charge in [-0.2, -0.15) is 0 Å². The second-order valence-electron chi connectivity index (χ2n) is 5.43. The molecular formula is C11H16O6. The van der Waals surface area contributed by atoms with Crippen LogP contribution in [0.2, 0.25) is 0 Å². The van der Waals surface area contributed by atoms with Crippen molar-refractivity contribution in [1.82, 2.24) is 0 Å². The minimum absolute atomic E-state index is 0.436. The van der Waals surface area contributed by atoms with Crippen molar-refractivity contribution in [1.29, 1.82) is 0 Å². The largest absolute Gasteiger partial charge is 0.431 e. The molecule has 3 aliphatic rings. The Morgan fingerprint density at radius 2 is 1.47 bits per heavy atom. The molecule has 0 bridgehead atoms. The molecule has 3 fully saturated rings. The number of ether oxygens (including phenoxy) is 5. The van der Waals surface area contributed by atoms with Crippen LogP contribution < -0.4 is 0 Å². The normalized spacial score (nSPS) is 46.2. The smallest absolute Gasteiger partial charge is 0.340 e. The molecule has 3 saturated heterocycles. The monoisotopic (exact) mass is 244 g/mol. The van der Waals surface area contributed by atoms with E-state index in [0.717, 1.165) is 0 Å². The summed E-state index contributed by atoms with van der Waals surface area (Å²) < 4.78 is 27.6. The number of rotatable bonds is 0. The first-order valence-electron chi connectivity index (χ1n) is 5.69. The average molecular weight is 244 g/mol. The zero-order chi connectivity index (χ0) is 12.4. The van der Waals surface area contributed by atoms with Gasteiger partial charge < -0.3 is 23.7 Å². The third kappa shape index (κ3) is 1.76. The van der Waals surface area contributed by atoms with E-state index in [0.29, 0.717) is 0 Å². The number of hydrogen-bond donors (Lipinski definition) is 0. The zero-order valence-electron chi connectivity index (χ0n) is 10.3. The van der Waals surface area contributed by atoms with E-state index in [-0.39, 0.29) is 0 Å². The number of carbonyl (C=O) groups is 1. The molecule has 4 atom stereocenters. The highest BCUT2D eigenvalue weighted by atomic mass is 16.9. The predicted molar refractivity (Wildman–Crippen MR) is 53.7 cm³/mol. The molecule has 6 heteroatoms. The summed E-state index contributed by atoms with van der Waals surface area (Å²) in [4.78, 5) is 11.8. The second-order valence-corrected chi connectivity index (χ2v) is 5.43. The van der Waals surface area contributed by atoms with Gasteiger partial charge >= 0.3 is 5.97 Å². The third-order valence-electron chi connectivity index (χ3n) is 3.01. The summed E-state index contributed by atoms with van der Waals surface area (Å²) in [7, 11) is 0. The highest BCUT2D eigenvalue weighted by Gasteiger charge is 2.61. The van der Waals surface area contributed by atoms with Crippen molar-refractivity contribution in [3.8, 4) is 0 Å². The van der Waals surface area contributed by atoms with E-state index in [1.165, 1.54) is 0 Å². The highest BCUT2D eigenvalue weighted by molar-refractivity contribution is 5.77. The molecule has 0 aromatic rings. The highest BCUT2D eigenvalue weighted by Crippen LogP contribution is 2.42. The van der Waals surface area contributed by atoms with Crippen molar-refractivity contribution >= 4 is 5.97 Å².